The third-order valence-electron chi connectivity index (χ3n) is 3.55. The second-order valence-electron chi connectivity index (χ2n) is 5.01. The Morgan fingerprint density at radius 3 is 2.88 bits per heavy atom. The Labute approximate surface area is 99.4 Å². The average molecular weight is 226 g/mol. The van der Waals surface area contributed by atoms with Crippen molar-refractivity contribution in [1.29, 1.82) is 0 Å². The highest BCUT2D eigenvalue weighted by Crippen LogP contribution is 2.20. The minimum atomic E-state index is 0.0551. The van der Waals surface area contributed by atoms with Crippen LogP contribution in [-0.4, -0.2) is 29.9 Å². The predicted molar refractivity (Wildman–Crippen MR) is 67.1 cm³/mol. The first-order chi connectivity index (χ1) is 7.67. The highest BCUT2D eigenvalue weighted by Gasteiger charge is 2.23. The number of nitrogens with two attached hydrogens (primary N) is 1. The summed E-state index contributed by atoms with van der Waals surface area (Å²) in [6.45, 7) is 6.21. The molecule has 0 spiro atoms. The van der Waals surface area contributed by atoms with Crippen molar-refractivity contribution in [3.63, 3.8) is 0 Å². The van der Waals surface area contributed by atoms with Gasteiger partial charge in [0, 0.05) is 25.6 Å². The van der Waals surface area contributed by atoms with E-state index in [0.29, 0.717) is 12.3 Å². The summed E-state index contributed by atoms with van der Waals surface area (Å²) >= 11 is 0. The Morgan fingerprint density at radius 1 is 1.50 bits per heavy atom. The molecular formula is C13H26N2O. The van der Waals surface area contributed by atoms with Gasteiger partial charge in [-0.25, -0.2) is 0 Å². The maximum absolute atomic E-state index is 12.0. The molecule has 1 amide bonds. The lowest BCUT2D eigenvalue weighted by Gasteiger charge is -2.33. The van der Waals surface area contributed by atoms with Crippen LogP contribution >= 0.6 is 0 Å². The zero-order valence-electron chi connectivity index (χ0n) is 10.7. The van der Waals surface area contributed by atoms with Crippen molar-refractivity contribution < 1.29 is 4.79 Å². The van der Waals surface area contributed by atoms with E-state index in [1.54, 1.807) is 0 Å². The number of piperidine rings is 1. The van der Waals surface area contributed by atoms with Crippen molar-refractivity contribution in [3.8, 4) is 0 Å². The van der Waals surface area contributed by atoms with E-state index in [-0.39, 0.29) is 11.9 Å². The van der Waals surface area contributed by atoms with Crippen molar-refractivity contribution >= 4 is 5.91 Å². The molecule has 2 unspecified atom stereocenters. The van der Waals surface area contributed by atoms with Gasteiger partial charge in [-0.05, 0) is 25.2 Å². The van der Waals surface area contributed by atoms with Crippen LogP contribution in [0.5, 0.6) is 0 Å². The molecule has 0 aromatic carbocycles. The molecule has 2 atom stereocenters. The zero-order chi connectivity index (χ0) is 12.0. The Balaban J connectivity index is 2.35. The van der Waals surface area contributed by atoms with E-state index in [1.165, 1.54) is 12.8 Å². The van der Waals surface area contributed by atoms with Gasteiger partial charge in [-0.2, -0.15) is 0 Å². The standard InChI is InChI=1S/C13H26N2O/c1-3-6-12(14)9-13(16)15-8-5-7-11(4-2)10-15/h11-12H,3-10,14H2,1-2H3. The van der Waals surface area contributed by atoms with Gasteiger partial charge in [0.25, 0.3) is 0 Å². The molecule has 0 aromatic rings. The Kier molecular flexibility index (Phi) is 5.81. The van der Waals surface area contributed by atoms with Gasteiger partial charge in [0.05, 0.1) is 0 Å². The summed E-state index contributed by atoms with van der Waals surface area (Å²) in [6.07, 6.45) is 6.17. The maximum Gasteiger partial charge on any atom is 0.224 e. The number of hydrogen-bond donors (Lipinski definition) is 1. The van der Waals surface area contributed by atoms with Crippen molar-refractivity contribution in [2.24, 2.45) is 11.7 Å². The SMILES string of the molecule is CCCC(N)CC(=O)N1CCCC(CC)C1. The van der Waals surface area contributed by atoms with Crippen molar-refractivity contribution in [3.05, 3.63) is 0 Å². The van der Waals surface area contributed by atoms with Gasteiger partial charge in [-0.1, -0.05) is 26.7 Å². The van der Waals surface area contributed by atoms with Crippen LogP contribution in [0.25, 0.3) is 0 Å². The van der Waals surface area contributed by atoms with Crippen LogP contribution in [0, 0.1) is 5.92 Å². The fraction of sp³-hybridized carbons (Fsp3) is 0.923. The van der Waals surface area contributed by atoms with E-state index in [9.17, 15) is 4.79 Å². The smallest absolute Gasteiger partial charge is 0.224 e. The number of rotatable bonds is 5. The minimum absolute atomic E-state index is 0.0551. The molecule has 0 aromatic heterocycles. The summed E-state index contributed by atoms with van der Waals surface area (Å²) in [4.78, 5) is 14.0. The molecule has 3 heteroatoms. The topological polar surface area (TPSA) is 46.3 Å². The lowest BCUT2D eigenvalue weighted by Crippen LogP contribution is -2.42. The van der Waals surface area contributed by atoms with Crippen LogP contribution < -0.4 is 5.73 Å². The first-order valence-electron chi connectivity index (χ1n) is 6.70. The second-order valence-corrected chi connectivity index (χ2v) is 5.01. The molecular weight excluding hydrogens is 200 g/mol. The molecule has 1 aliphatic rings. The summed E-state index contributed by atoms with van der Waals surface area (Å²) < 4.78 is 0. The number of carbonyl (C=O) groups is 1. The van der Waals surface area contributed by atoms with Crippen LogP contribution in [0.3, 0.4) is 0 Å². The molecule has 0 bridgehead atoms. The van der Waals surface area contributed by atoms with Gasteiger partial charge in [0.1, 0.15) is 0 Å². The molecule has 1 rings (SSSR count). The third kappa shape index (κ3) is 4.12. The summed E-state index contributed by atoms with van der Waals surface area (Å²) in [7, 11) is 0. The minimum Gasteiger partial charge on any atom is -0.342 e. The van der Waals surface area contributed by atoms with Crippen LogP contribution in [-0.2, 0) is 4.79 Å². The number of hydrogen-bond acceptors (Lipinski definition) is 2. The van der Waals surface area contributed by atoms with Gasteiger partial charge < -0.3 is 10.6 Å². The van der Waals surface area contributed by atoms with E-state index >= 15 is 0 Å². The summed E-state index contributed by atoms with van der Waals surface area (Å²) in [6, 6.07) is 0.0551. The molecule has 0 radical (unpaired) electrons. The first kappa shape index (κ1) is 13.5. The normalized spacial score (nSPS) is 23.2. The Hall–Kier alpha value is -0.570. The van der Waals surface area contributed by atoms with Crippen molar-refractivity contribution in [1.82, 2.24) is 4.90 Å². The van der Waals surface area contributed by atoms with Crippen LogP contribution in [0.15, 0.2) is 0 Å². The van der Waals surface area contributed by atoms with Gasteiger partial charge in [-0.15, -0.1) is 0 Å². The molecule has 1 fully saturated rings. The lowest BCUT2D eigenvalue weighted by molar-refractivity contribution is -0.133. The Bertz CT molecular complexity index is 218. The van der Waals surface area contributed by atoms with Gasteiger partial charge >= 0.3 is 0 Å². The molecule has 16 heavy (non-hydrogen) atoms. The highest BCUT2D eigenvalue weighted by atomic mass is 16.2. The number of likely N-dealkylation sites (tertiary alicyclic amines) is 1. The number of carbonyl (C=O) groups excluding carboxylic acids is 1. The van der Waals surface area contributed by atoms with E-state index in [1.807, 2.05) is 4.90 Å². The summed E-state index contributed by atoms with van der Waals surface area (Å²) in [5.41, 5.74) is 5.91. The number of nitrogens with zero attached hydrogens (tertiary/aromatic N) is 1. The van der Waals surface area contributed by atoms with E-state index < -0.39 is 0 Å². The van der Waals surface area contributed by atoms with E-state index in [4.69, 9.17) is 5.73 Å². The van der Waals surface area contributed by atoms with Gasteiger partial charge in [0.15, 0.2) is 0 Å². The molecule has 1 aliphatic heterocycles. The molecule has 1 saturated heterocycles. The molecule has 1 heterocycles. The molecule has 3 nitrogen and oxygen atoms in total. The van der Waals surface area contributed by atoms with E-state index in [2.05, 4.69) is 13.8 Å². The molecule has 94 valence electrons. The maximum atomic E-state index is 12.0. The number of amides is 1. The monoisotopic (exact) mass is 226 g/mol. The van der Waals surface area contributed by atoms with Crippen LogP contribution in [0.1, 0.15) is 52.4 Å². The Morgan fingerprint density at radius 2 is 2.25 bits per heavy atom. The quantitative estimate of drug-likeness (QED) is 0.781. The average Bonchev–Trinajstić information content (AvgIpc) is 2.29. The predicted octanol–water partition coefficient (Wildman–Crippen LogP) is 2.15. The lowest BCUT2D eigenvalue weighted by atomic mass is 9.95. The first-order valence-corrected chi connectivity index (χ1v) is 6.70. The van der Waals surface area contributed by atoms with Crippen LogP contribution in [0.4, 0.5) is 0 Å². The second kappa shape index (κ2) is 6.89. The van der Waals surface area contributed by atoms with Crippen LogP contribution in [0.2, 0.25) is 0 Å². The fourth-order valence-electron chi connectivity index (χ4n) is 2.45. The highest BCUT2D eigenvalue weighted by molar-refractivity contribution is 5.76. The molecule has 0 aliphatic carbocycles. The summed E-state index contributed by atoms with van der Waals surface area (Å²) in [5.74, 6) is 0.971. The van der Waals surface area contributed by atoms with E-state index in [0.717, 1.165) is 32.4 Å². The van der Waals surface area contributed by atoms with Gasteiger partial charge in [0.2, 0.25) is 5.91 Å². The molecule has 0 saturated carbocycles. The zero-order valence-corrected chi connectivity index (χ0v) is 10.7. The third-order valence-corrected chi connectivity index (χ3v) is 3.55. The fourth-order valence-corrected chi connectivity index (χ4v) is 2.45. The summed E-state index contributed by atoms with van der Waals surface area (Å²) in [5, 5.41) is 0. The van der Waals surface area contributed by atoms with Crippen molar-refractivity contribution in [2.75, 3.05) is 13.1 Å². The molecule has 2 N–H and O–H groups in total. The van der Waals surface area contributed by atoms with Crippen molar-refractivity contribution in [2.45, 2.75) is 58.4 Å². The largest absolute Gasteiger partial charge is 0.342 e. The van der Waals surface area contributed by atoms with Gasteiger partial charge in [-0.3, -0.25) is 4.79 Å².